The molecular formula is C14H20N2O2. The number of hydrogen-bond acceptors (Lipinski definition) is 3. The number of nitrogens with two attached hydrogens (primary N) is 1. The van der Waals surface area contributed by atoms with Crippen LogP contribution in [0.2, 0.25) is 0 Å². The summed E-state index contributed by atoms with van der Waals surface area (Å²) in [6.07, 6.45) is 3.75. The first-order valence-electron chi connectivity index (χ1n) is 6.40. The van der Waals surface area contributed by atoms with Crippen LogP contribution in [0.1, 0.15) is 37.3 Å². The molecule has 0 bridgehead atoms. The number of amides is 1. The summed E-state index contributed by atoms with van der Waals surface area (Å²) in [6.45, 7) is -0.0136. The average molecular weight is 248 g/mol. The zero-order chi connectivity index (χ0) is 13.0. The molecule has 0 unspecified atom stereocenters. The lowest BCUT2D eigenvalue weighted by atomic mass is 9.97. The molecule has 0 aliphatic heterocycles. The van der Waals surface area contributed by atoms with E-state index < -0.39 is 11.6 Å². The molecule has 1 fully saturated rings. The van der Waals surface area contributed by atoms with E-state index in [-0.39, 0.29) is 12.5 Å². The molecule has 0 aromatic heterocycles. The second-order valence-corrected chi connectivity index (χ2v) is 5.02. The Bertz CT molecular complexity index is 400. The predicted molar refractivity (Wildman–Crippen MR) is 69.8 cm³/mol. The highest BCUT2D eigenvalue weighted by Gasteiger charge is 2.35. The molecule has 4 nitrogen and oxygen atoms in total. The Kier molecular flexibility index (Phi) is 3.99. The van der Waals surface area contributed by atoms with E-state index >= 15 is 0 Å². The van der Waals surface area contributed by atoms with E-state index in [4.69, 9.17) is 5.73 Å². The minimum atomic E-state index is -0.671. The Balaban J connectivity index is 2.03. The maximum absolute atomic E-state index is 12.1. The first-order chi connectivity index (χ1) is 8.67. The molecular weight excluding hydrogens is 228 g/mol. The lowest BCUT2D eigenvalue weighted by molar-refractivity contribution is -0.125. The second kappa shape index (κ2) is 5.50. The molecule has 0 heterocycles. The van der Waals surface area contributed by atoms with Gasteiger partial charge in [-0.1, -0.05) is 43.2 Å². The van der Waals surface area contributed by atoms with Gasteiger partial charge in [0.05, 0.1) is 12.1 Å². The number of hydrogen-bond donors (Lipinski definition) is 3. The quantitative estimate of drug-likeness (QED) is 0.747. The van der Waals surface area contributed by atoms with Crippen LogP contribution in [0.5, 0.6) is 0 Å². The summed E-state index contributed by atoms with van der Waals surface area (Å²) < 4.78 is 0. The average Bonchev–Trinajstić information content (AvgIpc) is 2.88. The highest BCUT2D eigenvalue weighted by molar-refractivity contribution is 5.83. The molecule has 18 heavy (non-hydrogen) atoms. The normalized spacial score (nSPS) is 19.4. The maximum atomic E-state index is 12.1. The highest BCUT2D eigenvalue weighted by atomic mass is 16.3. The summed E-state index contributed by atoms with van der Waals surface area (Å²) in [5.41, 5.74) is 6.27. The first kappa shape index (κ1) is 13.1. The predicted octanol–water partition coefficient (Wildman–Crippen LogP) is 1.11. The number of aliphatic hydroxyl groups is 1. The summed E-state index contributed by atoms with van der Waals surface area (Å²) in [5.74, 6) is -0.211. The molecule has 1 amide bonds. The van der Waals surface area contributed by atoms with Gasteiger partial charge in [-0.15, -0.1) is 0 Å². The lowest BCUT2D eigenvalue weighted by Gasteiger charge is -2.29. The van der Waals surface area contributed by atoms with Crippen LogP contribution in [-0.2, 0) is 4.79 Å². The minimum Gasteiger partial charge on any atom is -0.394 e. The van der Waals surface area contributed by atoms with Crippen LogP contribution < -0.4 is 11.1 Å². The minimum absolute atomic E-state index is 0.0136. The van der Waals surface area contributed by atoms with Crippen molar-refractivity contribution < 1.29 is 9.90 Å². The van der Waals surface area contributed by atoms with Gasteiger partial charge in [0.1, 0.15) is 6.04 Å². The van der Waals surface area contributed by atoms with Gasteiger partial charge in [0.25, 0.3) is 0 Å². The number of aliphatic hydroxyl groups excluding tert-OH is 1. The molecule has 0 saturated heterocycles. The summed E-state index contributed by atoms with van der Waals surface area (Å²) in [4.78, 5) is 12.1. The third kappa shape index (κ3) is 2.71. The van der Waals surface area contributed by atoms with Crippen LogP contribution in [0, 0.1) is 0 Å². The SMILES string of the molecule is N[C@@H](C(=O)NC1(CO)CCCC1)c1ccccc1. The lowest BCUT2D eigenvalue weighted by Crippen LogP contribution is -2.51. The van der Waals surface area contributed by atoms with Crippen LogP contribution in [0.15, 0.2) is 30.3 Å². The summed E-state index contributed by atoms with van der Waals surface area (Å²) in [5, 5.41) is 12.4. The number of carbonyl (C=O) groups excluding carboxylic acids is 1. The van der Waals surface area contributed by atoms with Crippen molar-refractivity contribution in [3.8, 4) is 0 Å². The van der Waals surface area contributed by atoms with Crippen molar-refractivity contribution in [1.29, 1.82) is 0 Å². The van der Waals surface area contributed by atoms with Gasteiger partial charge in [-0.2, -0.15) is 0 Å². The Morgan fingerprint density at radius 1 is 1.33 bits per heavy atom. The molecule has 1 aliphatic carbocycles. The molecule has 1 aromatic rings. The topological polar surface area (TPSA) is 75.4 Å². The largest absolute Gasteiger partial charge is 0.394 e. The van der Waals surface area contributed by atoms with Crippen LogP contribution >= 0.6 is 0 Å². The zero-order valence-corrected chi connectivity index (χ0v) is 10.4. The summed E-state index contributed by atoms with van der Waals surface area (Å²) in [6, 6.07) is 8.62. The molecule has 1 aliphatic rings. The van der Waals surface area contributed by atoms with Gasteiger partial charge in [0.2, 0.25) is 5.91 Å². The molecule has 4 heteroatoms. The van der Waals surface area contributed by atoms with E-state index in [1.54, 1.807) is 0 Å². The van der Waals surface area contributed by atoms with Crippen molar-refractivity contribution in [1.82, 2.24) is 5.32 Å². The van der Waals surface area contributed by atoms with Crippen LogP contribution in [0.3, 0.4) is 0 Å². The van der Waals surface area contributed by atoms with Gasteiger partial charge in [-0.05, 0) is 18.4 Å². The van der Waals surface area contributed by atoms with Crippen molar-refractivity contribution in [3.63, 3.8) is 0 Å². The van der Waals surface area contributed by atoms with Crippen LogP contribution in [-0.4, -0.2) is 23.2 Å². The molecule has 1 saturated carbocycles. The summed E-state index contributed by atoms with van der Waals surface area (Å²) in [7, 11) is 0. The smallest absolute Gasteiger partial charge is 0.242 e. The van der Waals surface area contributed by atoms with Gasteiger partial charge in [-0.25, -0.2) is 0 Å². The van der Waals surface area contributed by atoms with Crippen LogP contribution in [0.25, 0.3) is 0 Å². The van der Waals surface area contributed by atoms with Gasteiger partial charge >= 0.3 is 0 Å². The van der Waals surface area contributed by atoms with E-state index in [0.29, 0.717) is 0 Å². The van der Waals surface area contributed by atoms with Crippen molar-refractivity contribution in [2.45, 2.75) is 37.3 Å². The van der Waals surface area contributed by atoms with E-state index in [2.05, 4.69) is 5.32 Å². The molecule has 4 N–H and O–H groups in total. The standard InChI is InChI=1S/C14H20N2O2/c15-12(11-6-2-1-3-7-11)13(18)16-14(10-17)8-4-5-9-14/h1-3,6-7,12,17H,4-5,8-10,15H2,(H,16,18)/t12-/m1/s1. The number of benzene rings is 1. The fourth-order valence-electron chi connectivity index (χ4n) is 2.53. The molecule has 1 aromatic carbocycles. The number of rotatable bonds is 4. The molecule has 1 atom stereocenters. The van der Waals surface area contributed by atoms with Gasteiger partial charge < -0.3 is 16.2 Å². The molecule has 2 rings (SSSR count). The number of carbonyl (C=O) groups is 1. The van der Waals surface area contributed by atoms with E-state index in [9.17, 15) is 9.90 Å². The van der Waals surface area contributed by atoms with E-state index in [0.717, 1.165) is 31.2 Å². The first-order valence-corrected chi connectivity index (χ1v) is 6.40. The Labute approximate surface area is 107 Å². The fourth-order valence-corrected chi connectivity index (χ4v) is 2.53. The molecule has 98 valence electrons. The van der Waals surface area contributed by atoms with E-state index in [1.165, 1.54) is 0 Å². The Hall–Kier alpha value is -1.39. The zero-order valence-electron chi connectivity index (χ0n) is 10.4. The van der Waals surface area contributed by atoms with Crippen LogP contribution in [0.4, 0.5) is 0 Å². The maximum Gasteiger partial charge on any atom is 0.242 e. The Morgan fingerprint density at radius 2 is 1.94 bits per heavy atom. The second-order valence-electron chi connectivity index (χ2n) is 5.02. The third-order valence-electron chi connectivity index (χ3n) is 3.69. The van der Waals surface area contributed by atoms with Crippen molar-refractivity contribution >= 4 is 5.91 Å². The fraction of sp³-hybridized carbons (Fsp3) is 0.500. The summed E-state index contributed by atoms with van der Waals surface area (Å²) >= 11 is 0. The van der Waals surface area contributed by atoms with Crippen molar-refractivity contribution in [3.05, 3.63) is 35.9 Å². The highest BCUT2D eigenvalue weighted by Crippen LogP contribution is 2.29. The van der Waals surface area contributed by atoms with Gasteiger partial charge in [-0.3, -0.25) is 4.79 Å². The van der Waals surface area contributed by atoms with Crippen molar-refractivity contribution in [2.24, 2.45) is 5.73 Å². The molecule has 0 radical (unpaired) electrons. The van der Waals surface area contributed by atoms with Crippen molar-refractivity contribution in [2.75, 3.05) is 6.61 Å². The third-order valence-corrected chi connectivity index (χ3v) is 3.69. The number of nitrogens with one attached hydrogen (secondary N) is 1. The van der Waals surface area contributed by atoms with E-state index in [1.807, 2.05) is 30.3 Å². The monoisotopic (exact) mass is 248 g/mol. The molecule has 0 spiro atoms. The van der Waals surface area contributed by atoms with Gasteiger partial charge in [0.15, 0.2) is 0 Å². The van der Waals surface area contributed by atoms with Gasteiger partial charge in [0, 0.05) is 0 Å². The Morgan fingerprint density at radius 3 is 2.50 bits per heavy atom.